The highest BCUT2D eigenvalue weighted by atomic mass is 32.2. The molecule has 3 atom stereocenters. The minimum atomic E-state index is -4.40. The van der Waals surface area contributed by atoms with Crippen molar-refractivity contribution in [3.63, 3.8) is 0 Å². The highest BCUT2D eigenvalue weighted by Crippen LogP contribution is 2.50. The van der Waals surface area contributed by atoms with Gasteiger partial charge in [-0.25, -0.2) is 14.3 Å². The second kappa shape index (κ2) is 9.94. The van der Waals surface area contributed by atoms with E-state index in [1.54, 1.807) is 42.8 Å². The molecule has 0 aliphatic carbocycles. The van der Waals surface area contributed by atoms with Gasteiger partial charge in [0.15, 0.2) is 0 Å². The zero-order chi connectivity index (χ0) is 27.0. The number of fused-ring (bicyclic) bond motifs is 1. The van der Waals surface area contributed by atoms with E-state index in [0.29, 0.717) is 0 Å². The summed E-state index contributed by atoms with van der Waals surface area (Å²) in [7, 11) is -4.40. The number of carbonyl (C=O) groups is 4. The van der Waals surface area contributed by atoms with Crippen LogP contribution in [0.3, 0.4) is 0 Å². The van der Waals surface area contributed by atoms with E-state index in [1.165, 1.54) is 47.0 Å². The Morgan fingerprint density at radius 3 is 2.41 bits per heavy atom. The molecule has 196 valence electrons. The van der Waals surface area contributed by atoms with Gasteiger partial charge in [0.25, 0.3) is 0 Å². The summed E-state index contributed by atoms with van der Waals surface area (Å²) < 4.78 is 33.0. The summed E-state index contributed by atoms with van der Waals surface area (Å²) in [5, 5.41) is 11.6. The average Bonchev–Trinajstić information content (AvgIpc) is 3.06. The van der Waals surface area contributed by atoms with E-state index in [1.807, 2.05) is 0 Å². The van der Waals surface area contributed by atoms with Crippen LogP contribution in [0, 0.1) is 0 Å². The molecule has 0 radical (unpaired) electrons. The number of carboxylic acids is 1. The van der Waals surface area contributed by atoms with Crippen LogP contribution in [0.15, 0.2) is 54.6 Å². The molecule has 0 spiro atoms. The fourth-order valence-corrected chi connectivity index (χ4v) is 6.64. The molecule has 2 saturated heterocycles. The highest BCUT2D eigenvalue weighted by molar-refractivity contribution is 8.01. The Bertz CT molecular complexity index is 1350. The Morgan fingerprint density at radius 1 is 1.08 bits per heavy atom. The molecular weight excluding hydrogens is 524 g/mol. The van der Waals surface area contributed by atoms with Gasteiger partial charge in [0, 0.05) is 4.75 Å². The number of benzene rings is 2. The third kappa shape index (κ3) is 5.64. The molecule has 4 N–H and O–H groups in total. The van der Waals surface area contributed by atoms with E-state index in [4.69, 9.17) is 4.74 Å². The van der Waals surface area contributed by atoms with Crippen LogP contribution in [0.25, 0.3) is 0 Å². The number of rotatable bonds is 8. The van der Waals surface area contributed by atoms with E-state index >= 15 is 0 Å². The van der Waals surface area contributed by atoms with Crippen molar-refractivity contribution < 1.29 is 37.4 Å². The first kappa shape index (κ1) is 26.3. The smallest absolute Gasteiger partial charge is 0.427 e. The summed E-state index contributed by atoms with van der Waals surface area (Å²) in [6, 6.07) is 12.1. The summed E-state index contributed by atoms with van der Waals surface area (Å²) in [5.74, 6) is -2.01. The molecule has 4 rings (SSSR count). The van der Waals surface area contributed by atoms with E-state index < -0.39 is 56.3 Å². The summed E-state index contributed by atoms with van der Waals surface area (Å²) in [5.41, 5.74) is 0.329. The van der Waals surface area contributed by atoms with E-state index in [0.717, 1.165) is 0 Å². The van der Waals surface area contributed by atoms with Crippen molar-refractivity contribution in [1.82, 2.24) is 14.9 Å². The van der Waals surface area contributed by atoms with Crippen LogP contribution >= 0.6 is 11.8 Å². The maximum Gasteiger partial charge on any atom is 0.427 e. The van der Waals surface area contributed by atoms with Crippen molar-refractivity contribution in [3.8, 4) is 5.75 Å². The standard InChI is InChI=1S/C23H24N4O8S2/c1-23(2)18(21(30)31)27-19(29)17(20(27)36-23)24-16(28)12-13-8-6-7-11-15(13)25-37(33,34)26-22(32)35-14-9-4-3-5-10-14/h3-11,17-18,20,25H,12H2,1-2H3,(H,24,28)(H,26,32)(H,30,31)/t17?,18-,20+/m0/s1. The molecule has 12 nitrogen and oxygen atoms in total. The van der Waals surface area contributed by atoms with Gasteiger partial charge in [-0.15, -0.1) is 11.8 Å². The first-order valence-electron chi connectivity index (χ1n) is 11.1. The molecule has 2 heterocycles. The summed E-state index contributed by atoms with van der Waals surface area (Å²) in [6.45, 7) is 3.46. The quantitative estimate of drug-likeness (QED) is 0.355. The van der Waals surface area contributed by atoms with Gasteiger partial charge in [-0.2, -0.15) is 8.42 Å². The lowest BCUT2D eigenvalue weighted by molar-refractivity contribution is -0.161. The fourth-order valence-electron chi connectivity index (χ4n) is 4.21. The third-order valence-corrected chi connectivity index (χ3v) is 8.27. The molecule has 14 heteroatoms. The van der Waals surface area contributed by atoms with Crippen molar-refractivity contribution in [2.75, 3.05) is 4.72 Å². The highest BCUT2D eigenvalue weighted by Gasteiger charge is 2.64. The molecule has 0 aromatic heterocycles. The first-order valence-corrected chi connectivity index (χ1v) is 13.4. The van der Waals surface area contributed by atoms with E-state index in [9.17, 15) is 32.7 Å². The zero-order valence-corrected chi connectivity index (χ0v) is 21.3. The Morgan fingerprint density at radius 2 is 1.73 bits per heavy atom. The number of nitrogens with zero attached hydrogens (tertiary/aromatic N) is 1. The minimum Gasteiger partial charge on any atom is -0.480 e. The monoisotopic (exact) mass is 548 g/mol. The van der Waals surface area contributed by atoms with Gasteiger partial charge in [0.05, 0.1) is 12.1 Å². The number of anilines is 1. The molecule has 2 fully saturated rings. The minimum absolute atomic E-state index is 0.0431. The number of hydrogen-bond donors (Lipinski definition) is 4. The summed E-state index contributed by atoms with van der Waals surface area (Å²) >= 11 is 1.30. The van der Waals surface area contributed by atoms with Crippen molar-refractivity contribution in [2.45, 2.75) is 42.5 Å². The molecule has 2 aromatic carbocycles. The summed E-state index contributed by atoms with van der Waals surface area (Å²) in [4.78, 5) is 50.3. The van der Waals surface area contributed by atoms with Crippen molar-refractivity contribution >= 4 is 51.5 Å². The van der Waals surface area contributed by atoms with Crippen LogP contribution in [0.2, 0.25) is 0 Å². The van der Waals surface area contributed by atoms with Crippen LogP contribution in [-0.2, 0) is 31.0 Å². The number of para-hydroxylation sites is 2. The van der Waals surface area contributed by atoms with Crippen LogP contribution in [0.4, 0.5) is 10.5 Å². The maximum atomic E-state index is 12.8. The number of carbonyl (C=O) groups excluding carboxylic acids is 3. The van der Waals surface area contributed by atoms with Gasteiger partial charge < -0.3 is 20.1 Å². The second-order valence-corrected chi connectivity index (χ2v) is 12.1. The number of hydrogen-bond acceptors (Lipinski definition) is 8. The van der Waals surface area contributed by atoms with E-state index in [2.05, 4.69) is 10.0 Å². The number of nitrogens with one attached hydrogen (secondary N) is 3. The van der Waals surface area contributed by atoms with Gasteiger partial charge in [0.1, 0.15) is 23.2 Å². The molecule has 2 aromatic rings. The van der Waals surface area contributed by atoms with Crippen molar-refractivity contribution in [3.05, 3.63) is 60.2 Å². The topological polar surface area (TPSA) is 171 Å². The Labute approximate surface area is 216 Å². The predicted molar refractivity (Wildman–Crippen MR) is 134 cm³/mol. The lowest BCUT2D eigenvalue weighted by atomic mass is 9.96. The lowest BCUT2D eigenvalue weighted by Crippen LogP contribution is -2.70. The van der Waals surface area contributed by atoms with Crippen molar-refractivity contribution in [2.24, 2.45) is 0 Å². The Balaban J connectivity index is 1.38. The maximum absolute atomic E-state index is 12.8. The molecule has 2 aliphatic rings. The first-order chi connectivity index (χ1) is 17.4. The van der Waals surface area contributed by atoms with Crippen molar-refractivity contribution in [1.29, 1.82) is 0 Å². The third-order valence-electron chi connectivity index (χ3n) is 5.78. The molecule has 3 amide bonds. The van der Waals surface area contributed by atoms with Gasteiger partial charge in [-0.05, 0) is 37.6 Å². The van der Waals surface area contributed by atoms with Gasteiger partial charge >= 0.3 is 22.3 Å². The number of carboxylic acid groups (broad SMARTS) is 1. The molecule has 2 aliphatic heterocycles. The zero-order valence-electron chi connectivity index (χ0n) is 19.7. The van der Waals surface area contributed by atoms with Crippen LogP contribution < -0.4 is 19.5 Å². The molecule has 0 saturated carbocycles. The number of thioether (sulfide) groups is 1. The predicted octanol–water partition coefficient (Wildman–Crippen LogP) is 1.31. The van der Waals surface area contributed by atoms with E-state index in [-0.39, 0.29) is 23.4 Å². The van der Waals surface area contributed by atoms with Gasteiger partial charge in [-0.1, -0.05) is 36.4 Å². The SMILES string of the molecule is CC1(C)S[C@@H]2C(NC(=O)Cc3ccccc3NS(=O)(=O)NC(=O)Oc3ccccc3)C(=O)N2[C@H]1C(=O)O. The largest absolute Gasteiger partial charge is 0.480 e. The molecular formula is C23H24N4O8S2. The van der Waals surface area contributed by atoms with Gasteiger partial charge in [-0.3, -0.25) is 14.3 Å². The molecule has 37 heavy (non-hydrogen) atoms. The number of amides is 3. The van der Waals surface area contributed by atoms with Crippen LogP contribution in [-0.4, -0.2) is 64.5 Å². The molecule has 0 bridgehead atoms. The summed E-state index contributed by atoms with van der Waals surface area (Å²) in [6.07, 6.45) is -1.50. The van der Waals surface area contributed by atoms with Crippen LogP contribution in [0.1, 0.15) is 19.4 Å². The number of aliphatic carboxylic acids is 1. The normalized spacial score (nSPS) is 21.8. The number of ether oxygens (including phenoxy) is 1. The van der Waals surface area contributed by atoms with Gasteiger partial charge in [0.2, 0.25) is 11.8 Å². The Hall–Kier alpha value is -3.78. The second-order valence-electron chi connectivity index (χ2n) is 8.89. The Kier molecular flexibility index (Phi) is 7.06. The molecule has 1 unspecified atom stereocenters. The lowest BCUT2D eigenvalue weighted by Gasteiger charge is -2.43. The van der Waals surface area contributed by atoms with Crippen LogP contribution in [0.5, 0.6) is 5.75 Å². The number of β-lactam (4-membered cyclic amide) rings is 1. The fraction of sp³-hybridized carbons (Fsp3) is 0.304. The average molecular weight is 549 g/mol.